The molecule has 0 aliphatic rings. The number of nitro benzene ring substituents is 1. The minimum Gasteiger partial charge on any atom is -0.323 e. The third-order valence-electron chi connectivity index (χ3n) is 4.52. The number of likely N-dealkylation sites (N-methyl/N-ethyl adjacent to an activating group) is 1. The van der Waals surface area contributed by atoms with Gasteiger partial charge < -0.3 is 5.73 Å². The average molecular weight is 522 g/mol. The minimum atomic E-state index is -5.31. The summed E-state index contributed by atoms with van der Waals surface area (Å²) in [6, 6.07) is 3.78. The molecule has 0 aromatic heterocycles. The first-order valence-corrected chi connectivity index (χ1v) is 10.3. The summed E-state index contributed by atoms with van der Waals surface area (Å²) in [4.78, 5) is 9.67. The molecule has 0 spiro atoms. The monoisotopic (exact) mass is 521 g/mol. The molecular formula is C18H18ClF6N3O4S. The number of halogens is 7. The van der Waals surface area contributed by atoms with Crippen molar-refractivity contribution in [1.29, 1.82) is 0 Å². The Balaban J connectivity index is 0.00000544. The van der Waals surface area contributed by atoms with E-state index in [4.69, 9.17) is 5.73 Å². The molecule has 0 amide bonds. The fourth-order valence-electron chi connectivity index (χ4n) is 2.89. The van der Waals surface area contributed by atoms with Crippen molar-refractivity contribution >= 4 is 28.1 Å². The second kappa shape index (κ2) is 10.2. The average Bonchev–Trinajstić information content (AvgIpc) is 2.69. The van der Waals surface area contributed by atoms with Crippen molar-refractivity contribution in [1.82, 2.24) is 4.31 Å². The van der Waals surface area contributed by atoms with E-state index < -0.39 is 51.0 Å². The number of non-ortho nitro benzene ring substituents is 1. The number of rotatable bonds is 7. The van der Waals surface area contributed by atoms with E-state index in [0.717, 1.165) is 34.6 Å². The van der Waals surface area contributed by atoms with Gasteiger partial charge in [-0.25, -0.2) is 8.42 Å². The van der Waals surface area contributed by atoms with Gasteiger partial charge in [-0.1, -0.05) is 13.0 Å². The van der Waals surface area contributed by atoms with Crippen molar-refractivity contribution in [3.05, 3.63) is 69.3 Å². The molecule has 0 fully saturated rings. The molecule has 1 atom stereocenters. The van der Waals surface area contributed by atoms with Gasteiger partial charge in [0.1, 0.15) is 0 Å². The van der Waals surface area contributed by atoms with E-state index in [1.807, 2.05) is 0 Å². The van der Waals surface area contributed by atoms with Crippen LogP contribution in [0, 0.1) is 10.1 Å². The summed E-state index contributed by atoms with van der Waals surface area (Å²) < 4.78 is 105. The summed E-state index contributed by atoms with van der Waals surface area (Å²) in [5, 5.41) is 10.7. The Morgan fingerprint density at radius 3 is 1.94 bits per heavy atom. The molecule has 2 aromatic rings. The highest BCUT2D eigenvalue weighted by atomic mass is 35.5. The SMILES string of the molecule is CCN(C[C@H](N)c1ccc(C(F)(F)F)c(C(F)(F)F)c1)S(=O)(=O)c1ccc([N+](=O)[O-])cc1.Cl. The second-order valence-electron chi connectivity index (χ2n) is 6.61. The van der Waals surface area contributed by atoms with Crippen LogP contribution in [0.3, 0.4) is 0 Å². The molecule has 2 N–H and O–H groups in total. The summed E-state index contributed by atoms with van der Waals surface area (Å²) >= 11 is 0. The Morgan fingerprint density at radius 1 is 1.00 bits per heavy atom. The molecule has 2 rings (SSSR count). The Labute approximate surface area is 190 Å². The van der Waals surface area contributed by atoms with Gasteiger partial charge in [0, 0.05) is 31.3 Å². The number of nitrogens with zero attached hydrogens (tertiary/aromatic N) is 2. The van der Waals surface area contributed by atoms with Gasteiger partial charge in [-0.2, -0.15) is 30.6 Å². The highest BCUT2D eigenvalue weighted by Crippen LogP contribution is 2.41. The lowest BCUT2D eigenvalue weighted by atomic mass is 9.99. The molecule has 0 aliphatic heterocycles. The first kappa shape index (κ1) is 28.6. The quantitative estimate of drug-likeness (QED) is 0.321. The number of nitrogens with two attached hydrogens (primary N) is 1. The fraction of sp³-hybridized carbons (Fsp3) is 0.333. The molecule has 0 saturated carbocycles. The van der Waals surface area contributed by atoms with Crippen molar-refractivity contribution < 1.29 is 39.7 Å². The number of alkyl halides is 6. The van der Waals surface area contributed by atoms with Gasteiger partial charge in [-0.15, -0.1) is 12.4 Å². The maximum absolute atomic E-state index is 13.2. The number of nitro groups is 1. The number of hydrogen-bond acceptors (Lipinski definition) is 5. The van der Waals surface area contributed by atoms with Crippen LogP contribution in [0.2, 0.25) is 0 Å². The fourth-order valence-corrected chi connectivity index (χ4v) is 4.36. The van der Waals surface area contributed by atoms with E-state index >= 15 is 0 Å². The summed E-state index contributed by atoms with van der Waals surface area (Å²) in [6.07, 6.45) is -10.6. The molecule has 0 saturated heterocycles. The molecule has 0 bridgehead atoms. The molecule has 2 aromatic carbocycles. The van der Waals surface area contributed by atoms with E-state index in [1.54, 1.807) is 0 Å². The van der Waals surface area contributed by atoms with Gasteiger partial charge in [0.05, 0.1) is 20.9 Å². The Kier molecular flexibility index (Phi) is 8.88. The summed E-state index contributed by atoms with van der Waals surface area (Å²) in [6.45, 7) is 0.710. The zero-order valence-electron chi connectivity index (χ0n) is 16.7. The van der Waals surface area contributed by atoms with Gasteiger partial charge in [-0.05, 0) is 29.8 Å². The lowest BCUT2D eigenvalue weighted by molar-refractivity contribution is -0.384. The van der Waals surface area contributed by atoms with Crippen LogP contribution in [-0.2, 0) is 22.4 Å². The lowest BCUT2D eigenvalue weighted by Gasteiger charge is -2.25. The third-order valence-corrected chi connectivity index (χ3v) is 6.48. The van der Waals surface area contributed by atoms with Crippen molar-refractivity contribution in [2.24, 2.45) is 5.73 Å². The van der Waals surface area contributed by atoms with E-state index in [2.05, 4.69) is 0 Å². The molecule has 0 aliphatic carbocycles. The van der Waals surface area contributed by atoms with Crippen molar-refractivity contribution in [2.75, 3.05) is 13.1 Å². The highest BCUT2D eigenvalue weighted by molar-refractivity contribution is 7.89. The molecule has 0 unspecified atom stereocenters. The molecule has 0 heterocycles. The molecule has 184 valence electrons. The highest BCUT2D eigenvalue weighted by Gasteiger charge is 2.43. The van der Waals surface area contributed by atoms with E-state index in [-0.39, 0.29) is 47.2 Å². The lowest BCUT2D eigenvalue weighted by Crippen LogP contribution is -2.37. The second-order valence-corrected chi connectivity index (χ2v) is 8.55. The van der Waals surface area contributed by atoms with Crippen LogP contribution < -0.4 is 5.73 Å². The minimum absolute atomic E-state index is 0. The molecular weight excluding hydrogens is 504 g/mol. The van der Waals surface area contributed by atoms with Crippen molar-refractivity contribution in [3.8, 4) is 0 Å². The van der Waals surface area contributed by atoms with Crippen LogP contribution in [0.4, 0.5) is 32.0 Å². The first-order valence-electron chi connectivity index (χ1n) is 8.87. The standard InChI is InChI=1S/C18H17F6N3O4S.ClH/c1-2-26(32(30,31)13-6-4-12(5-7-13)27(28)29)10-16(25)11-3-8-14(17(19,20)21)15(9-11)18(22,23)24;/h3-9,16H,2,10,25H2,1H3;1H/t16-;/m0./s1. The van der Waals surface area contributed by atoms with Crippen LogP contribution in [0.15, 0.2) is 47.4 Å². The number of hydrogen-bond donors (Lipinski definition) is 1. The number of benzene rings is 2. The maximum Gasteiger partial charge on any atom is 0.417 e. The molecule has 7 nitrogen and oxygen atoms in total. The van der Waals surface area contributed by atoms with Gasteiger partial charge >= 0.3 is 12.4 Å². The normalized spacial score (nSPS) is 13.5. The molecule has 0 radical (unpaired) electrons. The topological polar surface area (TPSA) is 107 Å². The Bertz CT molecular complexity index is 1090. The summed E-state index contributed by atoms with van der Waals surface area (Å²) in [7, 11) is -4.24. The van der Waals surface area contributed by atoms with Crippen LogP contribution >= 0.6 is 12.4 Å². The predicted octanol–water partition coefficient (Wildman–Crippen LogP) is 4.76. The smallest absolute Gasteiger partial charge is 0.323 e. The zero-order chi connectivity index (χ0) is 24.5. The van der Waals surface area contributed by atoms with Crippen molar-refractivity contribution in [2.45, 2.75) is 30.2 Å². The summed E-state index contributed by atoms with van der Waals surface area (Å²) in [5.41, 5.74) is 1.33. The van der Waals surface area contributed by atoms with Crippen LogP contribution in [0.1, 0.15) is 29.7 Å². The van der Waals surface area contributed by atoms with Gasteiger partial charge in [0.15, 0.2) is 0 Å². The van der Waals surface area contributed by atoms with E-state index in [9.17, 15) is 44.9 Å². The largest absolute Gasteiger partial charge is 0.417 e. The Hall–Kier alpha value is -2.42. The Morgan fingerprint density at radius 2 is 1.52 bits per heavy atom. The van der Waals surface area contributed by atoms with Gasteiger partial charge in [0.25, 0.3) is 5.69 Å². The first-order chi connectivity index (χ1) is 14.6. The van der Waals surface area contributed by atoms with E-state index in [1.165, 1.54) is 6.92 Å². The number of sulfonamides is 1. The predicted molar refractivity (Wildman–Crippen MR) is 108 cm³/mol. The third kappa shape index (κ3) is 6.56. The van der Waals surface area contributed by atoms with Crippen LogP contribution in [0.25, 0.3) is 0 Å². The van der Waals surface area contributed by atoms with Crippen LogP contribution in [0.5, 0.6) is 0 Å². The molecule has 15 heteroatoms. The van der Waals surface area contributed by atoms with Gasteiger partial charge in [-0.3, -0.25) is 10.1 Å². The maximum atomic E-state index is 13.2. The summed E-state index contributed by atoms with van der Waals surface area (Å²) in [5.74, 6) is 0. The molecule has 33 heavy (non-hydrogen) atoms. The zero-order valence-corrected chi connectivity index (χ0v) is 18.4. The van der Waals surface area contributed by atoms with Crippen molar-refractivity contribution in [3.63, 3.8) is 0 Å². The van der Waals surface area contributed by atoms with Gasteiger partial charge in [0.2, 0.25) is 10.0 Å². The van der Waals surface area contributed by atoms with E-state index in [0.29, 0.717) is 0 Å². The van der Waals surface area contributed by atoms with Crippen LogP contribution in [-0.4, -0.2) is 30.7 Å².